The third-order valence-electron chi connectivity index (χ3n) is 4.18. The van der Waals surface area contributed by atoms with Crippen LogP contribution in [0, 0.1) is 5.82 Å². The molecule has 0 aliphatic heterocycles. The van der Waals surface area contributed by atoms with Gasteiger partial charge < -0.3 is 0 Å². The van der Waals surface area contributed by atoms with E-state index in [1.165, 1.54) is 12.1 Å². The number of fused-ring (bicyclic) bond motifs is 1. The number of aromatic nitrogens is 1. The van der Waals surface area contributed by atoms with Crippen molar-refractivity contribution < 1.29 is 4.39 Å². The minimum atomic E-state index is -0.217. The number of halogens is 2. The van der Waals surface area contributed by atoms with E-state index in [4.69, 9.17) is 11.6 Å². The molecule has 0 bridgehead atoms. The van der Waals surface area contributed by atoms with Gasteiger partial charge in [-0.25, -0.2) is 9.37 Å². The van der Waals surface area contributed by atoms with E-state index in [0.717, 1.165) is 22.0 Å². The quantitative estimate of drug-likeness (QED) is 0.610. The molecule has 0 spiro atoms. The molecule has 1 unspecified atom stereocenters. The molecule has 3 rings (SSSR count). The Hall–Kier alpha value is -1.97. The summed E-state index contributed by atoms with van der Waals surface area (Å²) in [6.45, 7) is 2.77. The van der Waals surface area contributed by atoms with Gasteiger partial charge in [-0.15, -0.1) is 0 Å². The van der Waals surface area contributed by atoms with Crippen LogP contribution >= 0.6 is 11.6 Å². The fraction of sp³-hybridized carbons (Fsp3) is 0.211. The molecule has 0 saturated carbocycles. The Balaban J connectivity index is 1.83. The predicted molar refractivity (Wildman–Crippen MR) is 93.0 cm³/mol. The van der Waals surface area contributed by atoms with Gasteiger partial charge >= 0.3 is 0 Å². The first-order chi connectivity index (χ1) is 11.0. The molecule has 1 heterocycles. The zero-order chi connectivity index (χ0) is 16.4. The van der Waals surface area contributed by atoms with Crippen LogP contribution in [0.25, 0.3) is 10.9 Å². The van der Waals surface area contributed by atoms with Crippen LogP contribution in [0.15, 0.2) is 54.6 Å². The zero-order valence-corrected chi connectivity index (χ0v) is 13.9. The molecule has 0 N–H and O–H groups in total. The summed E-state index contributed by atoms with van der Waals surface area (Å²) in [4.78, 5) is 6.63. The summed E-state index contributed by atoms with van der Waals surface area (Å²) in [5.41, 5.74) is 2.95. The lowest BCUT2D eigenvalue weighted by Crippen LogP contribution is -2.22. The molecular formula is C19H18ClFN2. The molecular weight excluding hydrogens is 311 g/mol. The van der Waals surface area contributed by atoms with Gasteiger partial charge in [0.2, 0.25) is 0 Å². The van der Waals surface area contributed by atoms with E-state index >= 15 is 0 Å². The van der Waals surface area contributed by atoms with E-state index in [1.54, 1.807) is 0 Å². The van der Waals surface area contributed by atoms with Gasteiger partial charge in [0.25, 0.3) is 0 Å². The highest BCUT2D eigenvalue weighted by Gasteiger charge is 2.14. The van der Waals surface area contributed by atoms with Crippen LogP contribution in [0.3, 0.4) is 0 Å². The van der Waals surface area contributed by atoms with Gasteiger partial charge in [0.05, 0.1) is 5.52 Å². The second-order valence-electron chi connectivity index (χ2n) is 5.77. The Bertz CT molecular complexity index is 817. The summed E-state index contributed by atoms with van der Waals surface area (Å²) in [5, 5.41) is 1.61. The first-order valence-electron chi connectivity index (χ1n) is 7.54. The van der Waals surface area contributed by atoms with Crippen LogP contribution in [-0.4, -0.2) is 16.9 Å². The zero-order valence-electron chi connectivity index (χ0n) is 13.1. The number of para-hydroxylation sites is 1. The first kappa shape index (κ1) is 15.9. The number of hydrogen-bond donors (Lipinski definition) is 0. The fourth-order valence-corrected chi connectivity index (χ4v) is 2.85. The largest absolute Gasteiger partial charge is 0.295 e. The van der Waals surface area contributed by atoms with Crippen molar-refractivity contribution >= 4 is 22.5 Å². The van der Waals surface area contributed by atoms with Crippen molar-refractivity contribution in [1.82, 2.24) is 9.88 Å². The highest BCUT2D eigenvalue weighted by Crippen LogP contribution is 2.25. The van der Waals surface area contributed by atoms with Crippen LogP contribution in [-0.2, 0) is 6.54 Å². The van der Waals surface area contributed by atoms with Crippen molar-refractivity contribution in [3.63, 3.8) is 0 Å². The molecule has 0 aliphatic rings. The van der Waals surface area contributed by atoms with Gasteiger partial charge in [-0.2, -0.15) is 0 Å². The molecule has 4 heteroatoms. The van der Waals surface area contributed by atoms with Gasteiger partial charge in [0.1, 0.15) is 11.0 Å². The van der Waals surface area contributed by atoms with Gasteiger partial charge in [-0.05, 0) is 43.8 Å². The molecule has 0 amide bonds. The molecule has 2 nitrogen and oxygen atoms in total. The van der Waals surface area contributed by atoms with E-state index < -0.39 is 0 Å². The van der Waals surface area contributed by atoms with Crippen molar-refractivity contribution in [2.45, 2.75) is 19.5 Å². The summed E-state index contributed by atoms with van der Waals surface area (Å²) in [7, 11) is 2.03. The Labute approximate surface area is 140 Å². The van der Waals surface area contributed by atoms with E-state index in [9.17, 15) is 4.39 Å². The number of nitrogens with zero attached hydrogens (tertiary/aromatic N) is 2. The van der Waals surface area contributed by atoms with E-state index in [1.807, 2.05) is 43.4 Å². The van der Waals surface area contributed by atoms with E-state index in [2.05, 4.69) is 22.9 Å². The Morgan fingerprint density at radius 2 is 1.83 bits per heavy atom. The van der Waals surface area contributed by atoms with E-state index in [0.29, 0.717) is 11.7 Å². The molecule has 23 heavy (non-hydrogen) atoms. The minimum absolute atomic E-state index is 0.151. The van der Waals surface area contributed by atoms with Gasteiger partial charge in [0, 0.05) is 23.5 Å². The summed E-state index contributed by atoms with van der Waals surface area (Å²) in [6, 6.07) is 16.8. The topological polar surface area (TPSA) is 16.1 Å². The molecule has 1 aromatic heterocycles. The maximum atomic E-state index is 13.1. The van der Waals surface area contributed by atoms with Crippen LogP contribution < -0.4 is 0 Å². The smallest absolute Gasteiger partial charge is 0.134 e. The molecule has 1 atom stereocenters. The third-order valence-corrected chi connectivity index (χ3v) is 4.51. The third kappa shape index (κ3) is 3.52. The number of pyridine rings is 1. The molecule has 2 aromatic carbocycles. The lowest BCUT2D eigenvalue weighted by atomic mass is 10.1. The predicted octanol–water partition coefficient (Wildman–Crippen LogP) is 5.22. The molecule has 0 radical (unpaired) electrons. The Kier molecular flexibility index (Phi) is 4.60. The molecule has 118 valence electrons. The van der Waals surface area contributed by atoms with Crippen molar-refractivity contribution in [2.24, 2.45) is 0 Å². The molecule has 0 aliphatic carbocycles. The van der Waals surface area contributed by atoms with Crippen molar-refractivity contribution in [3.05, 3.63) is 76.7 Å². The summed E-state index contributed by atoms with van der Waals surface area (Å²) in [6.07, 6.45) is 0. The monoisotopic (exact) mass is 328 g/mol. The number of rotatable bonds is 4. The average molecular weight is 329 g/mol. The van der Waals surface area contributed by atoms with Gasteiger partial charge in [0.15, 0.2) is 0 Å². The summed E-state index contributed by atoms with van der Waals surface area (Å²) >= 11 is 6.33. The van der Waals surface area contributed by atoms with Crippen molar-refractivity contribution in [3.8, 4) is 0 Å². The normalized spacial score (nSPS) is 12.7. The second kappa shape index (κ2) is 6.65. The Morgan fingerprint density at radius 1 is 1.13 bits per heavy atom. The van der Waals surface area contributed by atoms with Crippen LogP contribution in [0.4, 0.5) is 4.39 Å². The second-order valence-corrected chi connectivity index (χ2v) is 6.13. The van der Waals surface area contributed by atoms with Crippen LogP contribution in [0.2, 0.25) is 5.15 Å². The minimum Gasteiger partial charge on any atom is -0.295 e. The van der Waals surface area contributed by atoms with Gasteiger partial charge in [-0.1, -0.05) is 41.9 Å². The number of benzene rings is 2. The molecule has 0 saturated heterocycles. The standard InChI is InChI=1S/C19H18ClFN2/c1-13(14-7-9-17(21)10-8-14)23(2)12-16-11-15-5-3-4-6-18(15)22-19(16)20/h3-11,13H,12H2,1-2H3. The fourth-order valence-electron chi connectivity index (χ4n) is 2.65. The molecule has 3 aromatic rings. The van der Waals surface area contributed by atoms with Crippen molar-refractivity contribution in [1.29, 1.82) is 0 Å². The summed E-state index contributed by atoms with van der Waals surface area (Å²) < 4.78 is 13.1. The number of hydrogen-bond acceptors (Lipinski definition) is 2. The van der Waals surface area contributed by atoms with Crippen LogP contribution in [0.1, 0.15) is 24.1 Å². The summed E-state index contributed by atoms with van der Waals surface area (Å²) in [5.74, 6) is -0.217. The Morgan fingerprint density at radius 3 is 2.57 bits per heavy atom. The SMILES string of the molecule is CC(c1ccc(F)cc1)N(C)Cc1cc2ccccc2nc1Cl. The maximum Gasteiger partial charge on any atom is 0.134 e. The first-order valence-corrected chi connectivity index (χ1v) is 7.92. The highest BCUT2D eigenvalue weighted by atomic mass is 35.5. The molecule has 0 fully saturated rings. The van der Waals surface area contributed by atoms with Crippen molar-refractivity contribution in [2.75, 3.05) is 7.05 Å². The lowest BCUT2D eigenvalue weighted by molar-refractivity contribution is 0.253. The van der Waals surface area contributed by atoms with E-state index in [-0.39, 0.29) is 11.9 Å². The van der Waals surface area contributed by atoms with Gasteiger partial charge in [-0.3, -0.25) is 4.90 Å². The van der Waals surface area contributed by atoms with Crippen LogP contribution in [0.5, 0.6) is 0 Å². The highest BCUT2D eigenvalue weighted by molar-refractivity contribution is 6.30. The average Bonchev–Trinajstić information content (AvgIpc) is 2.55. The lowest BCUT2D eigenvalue weighted by Gasteiger charge is -2.25. The maximum absolute atomic E-state index is 13.1.